The average Bonchev–Trinajstić information content (AvgIpc) is 2.80. The number of benzene rings is 1. The fraction of sp³-hybridized carbons (Fsp3) is 0.308. The van der Waals surface area contributed by atoms with Crippen LogP contribution in [-0.2, 0) is 12.8 Å². The van der Waals surface area contributed by atoms with Crippen LogP contribution in [0.15, 0.2) is 18.2 Å². The van der Waals surface area contributed by atoms with Gasteiger partial charge >= 0.3 is 0 Å². The molecule has 0 aliphatic heterocycles. The number of rotatable bonds is 1. The van der Waals surface area contributed by atoms with E-state index in [1.54, 1.807) is 17.4 Å². The number of aryl methyl sites for hydroxylation is 1. The van der Waals surface area contributed by atoms with E-state index in [2.05, 4.69) is 11.9 Å². The van der Waals surface area contributed by atoms with Crippen LogP contribution in [0.2, 0.25) is 0 Å². The highest BCUT2D eigenvalue weighted by Crippen LogP contribution is 2.37. The number of anilines is 1. The van der Waals surface area contributed by atoms with Gasteiger partial charge in [0.25, 0.3) is 0 Å². The maximum atomic E-state index is 9.48. The van der Waals surface area contributed by atoms with Gasteiger partial charge in [0.2, 0.25) is 0 Å². The molecule has 17 heavy (non-hydrogen) atoms. The quantitative estimate of drug-likeness (QED) is 0.813. The molecule has 1 atom stereocenters. The third kappa shape index (κ3) is 1.78. The summed E-state index contributed by atoms with van der Waals surface area (Å²) in [7, 11) is 0. The molecule has 0 fully saturated rings. The molecule has 1 aromatic heterocycles. The number of aromatic hydroxyl groups is 1. The summed E-state index contributed by atoms with van der Waals surface area (Å²) in [4.78, 5) is 5.64. The van der Waals surface area contributed by atoms with Crippen LogP contribution in [0.4, 0.5) is 5.13 Å². The molecule has 4 heteroatoms. The number of nitrogens with two attached hydrogens (primary N) is 1. The van der Waals surface area contributed by atoms with E-state index in [9.17, 15) is 5.11 Å². The van der Waals surface area contributed by atoms with Crippen molar-refractivity contribution in [3.8, 4) is 5.75 Å². The number of thiazole rings is 1. The lowest BCUT2D eigenvalue weighted by molar-refractivity contribution is 0.474. The zero-order valence-corrected chi connectivity index (χ0v) is 10.4. The highest BCUT2D eigenvalue weighted by molar-refractivity contribution is 7.15. The van der Waals surface area contributed by atoms with E-state index < -0.39 is 0 Å². The van der Waals surface area contributed by atoms with Gasteiger partial charge in [-0.3, -0.25) is 0 Å². The van der Waals surface area contributed by atoms with Crippen molar-refractivity contribution < 1.29 is 5.11 Å². The first-order chi connectivity index (χ1) is 8.13. The Morgan fingerprint density at radius 3 is 2.82 bits per heavy atom. The van der Waals surface area contributed by atoms with E-state index in [4.69, 9.17) is 5.73 Å². The first kappa shape index (κ1) is 10.6. The average molecular weight is 246 g/mol. The van der Waals surface area contributed by atoms with Gasteiger partial charge in [-0.1, -0.05) is 6.07 Å². The van der Waals surface area contributed by atoms with Gasteiger partial charge in [0, 0.05) is 10.8 Å². The lowest BCUT2D eigenvalue weighted by Gasteiger charge is -2.05. The summed E-state index contributed by atoms with van der Waals surface area (Å²) in [6, 6.07) is 5.62. The van der Waals surface area contributed by atoms with Crippen molar-refractivity contribution in [3.05, 3.63) is 39.9 Å². The Morgan fingerprint density at radius 1 is 1.35 bits per heavy atom. The smallest absolute Gasteiger partial charge is 0.180 e. The van der Waals surface area contributed by atoms with Crippen LogP contribution >= 0.6 is 11.3 Å². The minimum Gasteiger partial charge on any atom is -0.508 e. The number of fused-ring (bicyclic) bond motifs is 1. The zero-order chi connectivity index (χ0) is 12.0. The van der Waals surface area contributed by atoms with Crippen molar-refractivity contribution in [2.24, 2.45) is 0 Å². The molecular formula is C13H14N2OS. The van der Waals surface area contributed by atoms with E-state index in [1.807, 2.05) is 12.1 Å². The second kappa shape index (κ2) is 3.74. The Bertz CT molecular complexity index is 577. The van der Waals surface area contributed by atoms with Crippen molar-refractivity contribution in [3.63, 3.8) is 0 Å². The number of aromatic nitrogens is 1. The summed E-state index contributed by atoms with van der Waals surface area (Å²) in [5, 5.41) is 10.1. The van der Waals surface area contributed by atoms with Crippen molar-refractivity contribution in [1.82, 2.24) is 4.98 Å². The van der Waals surface area contributed by atoms with Crippen LogP contribution < -0.4 is 5.73 Å². The molecular weight excluding hydrogens is 232 g/mol. The van der Waals surface area contributed by atoms with Gasteiger partial charge in [-0.2, -0.15) is 0 Å². The molecule has 0 radical (unpaired) electrons. The largest absolute Gasteiger partial charge is 0.508 e. The van der Waals surface area contributed by atoms with Crippen molar-refractivity contribution in [2.45, 2.75) is 25.7 Å². The Labute approximate surface area is 104 Å². The summed E-state index contributed by atoms with van der Waals surface area (Å²) < 4.78 is 0. The van der Waals surface area contributed by atoms with Gasteiger partial charge < -0.3 is 10.8 Å². The minimum atomic E-state index is 0.346. The van der Waals surface area contributed by atoms with E-state index in [0.29, 0.717) is 16.8 Å². The topological polar surface area (TPSA) is 59.1 Å². The van der Waals surface area contributed by atoms with Crippen LogP contribution in [-0.4, -0.2) is 10.1 Å². The van der Waals surface area contributed by atoms with Gasteiger partial charge in [-0.05, 0) is 43.0 Å². The van der Waals surface area contributed by atoms with Gasteiger partial charge in [-0.15, -0.1) is 11.3 Å². The van der Waals surface area contributed by atoms with Crippen LogP contribution in [0.5, 0.6) is 5.75 Å². The normalized spacial score (nSPS) is 18.3. The second-order valence-corrected chi connectivity index (χ2v) is 5.79. The Hall–Kier alpha value is -1.55. The molecule has 88 valence electrons. The molecule has 3 rings (SSSR count). The molecule has 1 aromatic carbocycles. The van der Waals surface area contributed by atoms with Gasteiger partial charge in [0.15, 0.2) is 5.13 Å². The van der Waals surface area contributed by atoms with E-state index >= 15 is 0 Å². The summed E-state index contributed by atoms with van der Waals surface area (Å²) in [5.74, 6) is 0.763. The lowest BCUT2D eigenvalue weighted by atomic mass is 10.0. The van der Waals surface area contributed by atoms with Crippen molar-refractivity contribution >= 4 is 16.5 Å². The fourth-order valence-electron chi connectivity index (χ4n) is 2.61. The summed E-state index contributed by atoms with van der Waals surface area (Å²) in [6.45, 7) is 2.07. The van der Waals surface area contributed by atoms with E-state index in [1.165, 1.54) is 16.0 Å². The zero-order valence-electron chi connectivity index (χ0n) is 9.60. The van der Waals surface area contributed by atoms with Crippen LogP contribution in [0.3, 0.4) is 0 Å². The fourth-order valence-corrected chi connectivity index (χ4v) is 3.38. The van der Waals surface area contributed by atoms with Gasteiger partial charge in [0.05, 0.1) is 5.69 Å². The minimum absolute atomic E-state index is 0.346. The molecule has 0 spiro atoms. The third-order valence-electron chi connectivity index (χ3n) is 3.36. The van der Waals surface area contributed by atoms with Crippen LogP contribution in [0.25, 0.3) is 0 Å². The SMILES string of the molecule is Cc1sc(N)nc1C1Cc2ccc(O)cc2C1. The van der Waals surface area contributed by atoms with Crippen molar-refractivity contribution in [1.29, 1.82) is 0 Å². The van der Waals surface area contributed by atoms with Gasteiger partial charge in [0.1, 0.15) is 5.75 Å². The molecule has 3 N–H and O–H groups in total. The molecule has 1 heterocycles. The monoisotopic (exact) mass is 246 g/mol. The number of hydrogen-bond donors (Lipinski definition) is 2. The number of nitrogen functional groups attached to an aromatic ring is 1. The Balaban J connectivity index is 1.94. The first-order valence-electron chi connectivity index (χ1n) is 5.67. The highest BCUT2D eigenvalue weighted by Gasteiger charge is 2.26. The van der Waals surface area contributed by atoms with Crippen LogP contribution in [0, 0.1) is 6.92 Å². The first-order valence-corrected chi connectivity index (χ1v) is 6.48. The summed E-state index contributed by atoms with van der Waals surface area (Å²) in [6.07, 6.45) is 1.95. The molecule has 0 saturated heterocycles. The number of phenols is 1. The summed E-state index contributed by atoms with van der Waals surface area (Å²) >= 11 is 1.56. The molecule has 0 amide bonds. The van der Waals surface area contributed by atoms with E-state index in [0.717, 1.165) is 18.5 Å². The molecule has 1 aliphatic rings. The molecule has 2 aromatic rings. The standard InChI is InChI=1S/C13H14N2OS/c1-7-12(15-13(14)17-7)10-4-8-2-3-11(16)6-9(8)5-10/h2-3,6,10,16H,4-5H2,1H3,(H2,14,15). The maximum absolute atomic E-state index is 9.48. The maximum Gasteiger partial charge on any atom is 0.180 e. The predicted molar refractivity (Wildman–Crippen MR) is 69.5 cm³/mol. The number of hydrogen-bond acceptors (Lipinski definition) is 4. The Morgan fingerprint density at radius 2 is 2.12 bits per heavy atom. The Kier molecular flexibility index (Phi) is 2.33. The summed E-state index contributed by atoms with van der Waals surface area (Å²) in [5.41, 5.74) is 9.43. The second-order valence-electron chi connectivity index (χ2n) is 4.55. The lowest BCUT2D eigenvalue weighted by Crippen LogP contribution is -2.00. The van der Waals surface area contributed by atoms with Crippen LogP contribution in [0.1, 0.15) is 27.6 Å². The number of nitrogens with zero attached hydrogens (tertiary/aromatic N) is 1. The van der Waals surface area contributed by atoms with Crippen molar-refractivity contribution in [2.75, 3.05) is 5.73 Å². The predicted octanol–water partition coefficient (Wildman–Crippen LogP) is 2.62. The van der Waals surface area contributed by atoms with E-state index in [-0.39, 0.29) is 0 Å². The third-order valence-corrected chi connectivity index (χ3v) is 4.17. The molecule has 1 unspecified atom stereocenters. The molecule has 0 bridgehead atoms. The van der Waals surface area contributed by atoms with Gasteiger partial charge in [-0.25, -0.2) is 4.98 Å². The molecule has 3 nitrogen and oxygen atoms in total. The number of phenolic OH excluding ortho intramolecular Hbond substituents is 1. The molecule has 1 aliphatic carbocycles. The molecule has 0 saturated carbocycles. The highest BCUT2D eigenvalue weighted by atomic mass is 32.1.